The standard InChI is InChI=1S/C31H34N6O4/c1-34-13-11-32-27(34)17-35-12-10-20(16-35)36-18-28(38)37-24(31(36)39)15-22-21-6-4-5-7-23(21)33-29(22)30(37)19-8-9-25(40-2)26(14-19)41-3/h4-9,11,13-14,20,24,30,33H,10,12,15-18H2,1-3H3/t20-,24-,30-/m1/s1. The number of aryl methyl sites for hydroxylation is 1. The van der Waals surface area contributed by atoms with Crippen molar-refractivity contribution in [2.75, 3.05) is 33.9 Å². The molecule has 3 aliphatic heterocycles. The Kier molecular flexibility index (Phi) is 6.23. The Morgan fingerprint density at radius 1 is 1.07 bits per heavy atom. The predicted octanol–water partition coefficient (Wildman–Crippen LogP) is 2.88. The van der Waals surface area contributed by atoms with Crippen LogP contribution in [0.25, 0.3) is 10.9 Å². The number of para-hydroxylation sites is 1. The first-order valence-electron chi connectivity index (χ1n) is 14.1. The molecular formula is C31H34N6O4. The minimum Gasteiger partial charge on any atom is -0.493 e. The number of benzene rings is 2. The van der Waals surface area contributed by atoms with Crippen LogP contribution in [0.3, 0.4) is 0 Å². The number of rotatable bonds is 6. The molecule has 2 fully saturated rings. The maximum absolute atomic E-state index is 14.3. The number of H-pyrrole nitrogens is 1. The van der Waals surface area contributed by atoms with Crippen molar-refractivity contribution in [2.24, 2.45) is 7.05 Å². The predicted molar refractivity (Wildman–Crippen MR) is 153 cm³/mol. The van der Waals surface area contributed by atoms with Crippen LogP contribution in [0.5, 0.6) is 11.5 Å². The number of imidazole rings is 1. The highest BCUT2D eigenvalue weighted by atomic mass is 16.5. The number of aromatic amines is 1. The first kappa shape index (κ1) is 25.6. The Morgan fingerprint density at radius 3 is 2.68 bits per heavy atom. The van der Waals surface area contributed by atoms with Gasteiger partial charge in [-0.15, -0.1) is 0 Å². The minimum atomic E-state index is -0.579. The number of hydrogen-bond donors (Lipinski definition) is 1. The zero-order chi connectivity index (χ0) is 28.2. The lowest BCUT2D eigenvalue weighted by Gasteiger charge is -2.48. The van der Waals surface area contributed by atoms with Crippen molar-refractivity contribution >= 4 is 22.7 Å². The summed E-state index contributed by atoms with van der Waals surface area (Å²) in [4.78, 5) is 42.3. The number of hydrogen-bond acceptors (Lipinski definition) is 6. The van der Waals surface area contributed by atoms with E-state index in [1.54, 1.807) is 25.3 Å². The van der Waals surface area contributed by atoms with Crippen LogP contribution in [0.4, 0.5) is 0 Å². The fourth-order valence-electron chi connectivity index (χ4n) is 6.92. The Morgan fingerprint density at radius 2 is 1.90 bits per heavy atom. The normalized spacial score (nSPS) is 22.8. The number of nitrogens with one attached hydrogen (secondary N) is 1. The summed E-state index contributed by atoms with van der Waals surface area (Å²) < 4.78 is 13.1. The van der Waals surface area contributed by atoms with Gasteiger partial charge in [0, 0.05) is 61.6 Å². The number of nitrogens with zero attached hydrogens (tertiary/aromatic N) is 5. The fourth-order valence-corrected chi connectivity index (χ4v) is 6.92. The summed E-state index contributed by atoms with van der Waals surface area (Å²) in [6.45, 7) is 2.40. The van der Waals surface area contributed by atoms with Crippen molar-refractivity contribution in [2.45, 2.75) is 37.5 Å². The van der Waals surface area contributed by atoms with E-state index in [2.05, 4.69) is 20.9 Å². The number of likely N-dealkylation sites (tertiary alicyclic amines) is 1. The molecule has 212 valence electrons. The number of ether oxygens (including phenoxy) is 2. The fraction of sp³-hybridized carbons (Fsp3) is 0.387. The van der Waals surface area contributed by atoms with E-state index in [1.807, 2.05) is 59.1 Å². The van der Waals surface area contributed by atoms with Crippen molar-refractivity contribution < 1.29 is 19.1 Å². The molecule has 7 rings (SSSR count). The molecule has 0 saturated carbocycles. The molecule has 0 bridgehead atoms. The number of aromatic nitrogens is 3. The minimum absolute atomic E-state index is 0.00207. The van der Waals surface area contributed by atoms with Gasteiger partial charge in [-0.2, -0.15) is 0 Å². The number of amides is 2. The zero-order valence-corrected chi connectivity index (χ0v) is 23.5. The van der Waals surface area contributed by atoms with Crippen molar-refractivity contribution in [3.63, 3.8) is 0 Å². The third-order valence-electron chi connectivity index (χ3n) is 8.99. The van der Waals surface area contributed by atoms with Crippen LogP contribution in [0, 0.1) is 0 Å². The van der Waals surface area contributed by atoms with Crippen LogP contribution in [0.1, 0.15) is 35.1 Å². The number of fused-ring (bicyclic) bond motifs is 4. The number of carbonyl (C=O) groups is 2. The highest BCUT2D eigenvalue weighted by Crippen LogP contribution is 2.44. The van der Waals surface area contributed by atoms with Crippen molar-refractivity contribution in [3.8, 4) is 11.5 Å². The van der Waals surface area contributed by atoms with Gasteiger partial charge in [-0.25, -0.2) is 4.98 Å². The van der Waals surface area contributed by atoms with Crippen LogP contribution in [-0.2, 0) is 29.6 Å². The van der Waals surface area contributed by atoms with E-state index in [1.165, 1.54) is 0 Å². The van der Waals surface area contributed by atoms with E-state index in [0.717, 1.165) is 59.6 Å². The maximum atomic E-state index is 14.3. The second-order valence-electron chi connectivity index (χ2n) is 11.2. The summed E-state index contributed by atoms with van der Waals surface area (Å²) >= 11 is 0. The van der Waals surface area contributed by atoms with Crippen LogP contribution in [0.15, 0.2) is 54.9 Å². The number of methoxy groups -OCH3 is 2. The molecule has 2 saturated heterocycles. The molecule has 3 aliphatic rings. The van der Waals surface area contributed by atoms with Gasteiger partial charge in [0.2, 0.25) is 11.8 Å². The van der Waals surface area contributed by atoms with Gasteiger partial charge >= 0.3 is 0 Å². The van der Waals surface area contributed by atoms with Crippen molar-refractivity contribution in [1.82, 2.24) is 29.2 Å². The van der Waals surface area contributed by atoms with Crippen molar-refractivity contribution in [1.29, 1.82) is 0 Å². The van der Waals surface area contributed by atoms with Gasteiger partial charge in [0.15, 0.2) is 11.5 Å². The van der Waals surface area contributed by atoms with Gasteiger partial charge in [0.25, 0.3) is 0 Å². The smallest absolute Gasteiger partial charge is 0.246 e. The lowest BCUT2D eigenvalue weighted by molar-refractivity contribution is -0.160. The van der Waals surface area contributed by atoms with Crippen LogP contribution in [0.2, 0.25) is 0 Å². The lowest BCUT2D eigenvalue weighted by Crippen LogP contribution is -2.65. The highest BCUT2D eigenvalue weighted by molar-refractivity contribution is 5.98. The van der Waals surface area contributed by atoms with E-state index >= 15 is 0 Å². The van der Waals surface area contributed by atoms with Gasteiger partial charge in [0.1, 0.15) is 18.4 Å². The summed E-state index contributed by atoms with van der Waals surface area (Å²) in [7, 11) is 5.20. The third kappa shape index (κ3) is 4.16. The Bertz CT molecular complexity index is 1640. The molecule has 0 radical (unpaired) electrons. The highest BCUT2D eigenvalue weighted by Gasteiger charge is 2.50. The molecule has 3 atom stereocenters. The molecule has 0 aliphatic carbocycles. The van der Waals surface area contributed by atoms with Crippen LogP contribution in [-0.4, -0.2) is 87.0 Å². The van der Waals surface area contributed by atoms with Crippen LogP contribution < -0.4 is 9.47 Å². The lowest BCUT2D eigenvalue weighted by atomic mass is 9.85. The monoisotopic (exact) mass is 554 g/mol. The second-order valence-corrected chi connectivity index (χ2v) is 11.2. The molecule has 41 heavy (non-hydrogen) atoms. The summed E-state index contributed by atoms with van der Waals surface area (Å²) in [6.07, 6.45) is 5.07. The van der Waals surface area contributed by atoms with E-state index in [4.69, 9.17) is 9.47 Å². The molecule has 0 unspecified atom stereocenters. The molecule has 10 heteroatoms. The Labute approximate surface area is 238 Å². The maximum Gasteiger partial charge on any atom is 0.246 e. The molecule has 2 aromatic carbocycles. The summed E-state index contributed by atoms with van der Waals surface area (Å²) in [5.74, 6) is 2.18. The van der Waals surface area contributed by atoms with E-state index < -0.39 is 12.1 Å². The SMILES string of the molecule is COc1ccc([C@@H]2c3[nH]c4ccccc4c3C[C@@H]3C(=O)N([C@@H]4CCN(Cc5nccn5C)C4)CC(=O)N23)cc1OC. The molecule has 4 aromatic rings. The average molecular weight is 555 g/mol. The molecule has 10 nitrogen and oxygen atoms in total. The van der Waals surface area contributed by atoms with E-state index in [-0.39, 0.29) is 24.4 Å². The van der Waals surface area contributed by atoms with Gasteiger partial charge in [-0.3, -0.25) is 14.5 Å². The summed E-state index contributed by atoms with van der Waals surface area (Å²) in [5, 5.41) is 1.09. The zero-order valence-electron chi connectivity index (χ0n) is 23.5. The molecule has 2 aromatic heterocycles. The van der Waals surface area contributed by atoms with Crippen LogP contribution >= 0.6 is 0 Å². The summed E-state index contributed by atoms with van der Waals surface area (Å²) in [6, 6.07) is 12.9. The van der Waals surface area contributed by atoms with Gasteiger partial charge in [-0.05, 0) is 35.7 Å². The largest absolute Gasteiger partial charge is 0.493 e. The summed E-state index contributed by atoms with van der Waals surface area (Å²) in [5.41, 5.74) is 3.91. The van der Waals surface area contributed by atoms with Crippen molar-refractivity contribution in [3.05, 3.63) is 77.5 Å². The third-order valence-corrected chi connectivity index (χ3v) is 8.99. The number of piperazine rings is 1. The second kappa shape index (κ2) is 9.95. The Balaban J connectivity index is 1.24. The average Bonchev–Trinajstić information content (AvgIpc) is 3.72. The molecule has 0 spiro atoms. The van der Waals surface area contributed by atoms with E-state index in [9.17, 15) is 9.59 Å². The quantitative estimate of drug-likeness (QED) is 0.394. The number of carbonyl (C=O) groups excluding carboxylic acids is 2. The van der Waals surface area contributed by atoms with E-state index in [0.29, 0.717) is 17.9 Å². The molecule has 5 heterocycles. The van der Waals surface area contributed by atoms with Gasteiger partial charge < -0.3 is 28.8 Å². The van der Waals surface area contributed by atoms with Gasteiger partial charge in [-0.1, -0.05) is 24.3 Å². The Hall–Kier alpha value is -4.31. The molecule has 1 N–H and O–H groups in total. The first-order valence-corrected chi connectivity index (χ1v) is 14.1. The first-order chi connectivity index (χ1) is 20.0. The van der Waals surface area contributed by atoms with Gasteiger partial charge in [0.05, 0.1) is 26.8 Å². The molecular weight excluding hydrogens is 520 g/mol. The molecule has 2 amide bonds. The topological polar surface area (TPSA) is 95.9 Å².